The molecule has 0 aromatic heterocycles. The zero-order valence-electron chi connectivity index (χ0n) is 13.5. The normalized spacial score (nSPS) is 12.3. The van der Waals surface area contributed by atoms with Gasteiger partial charge < -0.3 is 14.8 Å². The minimum Gasteiger partial charge on any atom is -0.496 e. The number of methoxy groups -OCH3 is 1. The van der Waals surface area contributed by atoms with Crippen LogP contribution in [0.1, 0.15) is 29.7 Å². The molecular weight excluding hydrogens is 300 g/mol. The SMILES string of the molecule is COc1ccc(CNC(C)c2cccc(OC(F)F)c2)cc1C. The van der Waals surface area contributed by atoms with Gasteiger partial charge in [0.1, 0.15) is 11.5 Å². The van der Waals surface area contributed by atoms with Gasteiger partial charge >= 0.3 is 6.61 Å². The molecule has 1 unspecified atom stereocenters. The van der Waals surface area contributed by atoms with Gasteiger partial charge in [0.05, 0.1) is 7.11 Å². The first-order chi connectivity index (χ1) is 11.0. The molecule has 0 aliphatic carbocycles. The summed E-state index contributed by atoms with van der Waals surface area (Å²) in [7, 11) is 1.65. The highest BCUT2D eigenvalue weighted by Gasteiger charge is 2.09. The molecule has 2 aromatic rings. The Morgan fingerprint density at radius 3 is 2.57 bits per heavy atom. The zero-order valence-corrected chi connectivity index (χ0v) is 13.5. The van der Waals surface area contributed by atoms with Gasteiger partial charge in [-0.05, 0) is 48.7 Å². The Hall–Kier alpha value is -2.14. The number of nitrogens with one attached hydrogen (secondary N) is 1. The summed E-state index contributed by atoms with van der Waals surface area (Å²) in [6.07, 6.45) is 0. The molecule has 3 nitrogen and oxygen atoms in total. The fraction of sp³-hybridized carbons (Fsp3) is 0.333. The summed E-state index contributed by atoms with van der Waals surface area (Å²) < 4.78 is 34.2. The van der Waals surface area contributed by atoms with Gasteiger partial charge in [0.15, 0.2) is 0 Å². The van der Waals surface area contributed by atoms with Gasteiger partial charge in [-0.25, -0.2) is 0 Å². The van der Waals surface area contributed by atoms with Crippen molar-refractivity contribution in [2.45, 2.75) is 33.0 Å². The van der Waals surface area contributed by atoms with Crippen molar-refractivity contribution in [1.82, 2.24) is 5.32 Å². The zero-order chi connectivity index (χ0) is 16.8. The molecule has 0 aliphatic heterocycles. The van der Waals surface area contributed by atoms with E-state index in [0.717, 1.165) is 22.4 Å². The second-order valence-corrected chi connectivity index (χ2v) is 5.36. The predicted molar refractivity (Wildman–Crippen MR) is 86.1 cm³/mol. The summed E-state index contributed by atoms with van der Waals surface area (Å²) in [6, 6.07) is 12.8. The minimum absolute atomic E-state index is 0.0126. The largest absolute Gasteiger partial charge is 0.496 e. The molecule has 1 N–H and O–H groups in total. The maximum absolute atomic E-state index is 12.3. The van der Waals surface area contributed by atoms with Crippen LogP contribution < -0.4 is 14.8 Å². The first-order valence-corrected chi connectivity index (χ1v) is 7.41. The lowest BCUT2D eigenvalue weighted by molar-refractivity contribution is -0.0499. The van der Waals surface area contributed by atoms with Crippen molar-refractivity contribution in [2.75, 3.05) is 7.11 Å². The van der Waals surface area contributed by atoms with Crippen LogP contribution >= 0.6 is 0 Å². The van der Waals surface area contributed by atoms with Crippen LogP contribution in [0.3, 0.4) is 0 Å². The Morgan fingerprint density at radius 2 is 1.91 bits per heavy atom. The minimum atomic E-state index is -2.81. The van der Waals surface area contributed by atoms with E-state index in [1.807, 2.05) is 32.0 Å². The molecule has 0 spiro atoms. The molecule has 0 bridgehead atoms. The summed E-state index contributed by atoms with van der Waals surface area (Å²) in [5, 5.41) is 3.38. The molecule has 1 atom stereocenters. The number of halogens is 2. The van der Waals surface area contributed by atoms with E-state index in [1.165, 1.54) is 6.07 Å². The predicted octanol–water partition coefficient (Wildman–Crippen LogP) is 4.46. The Bertz CT molecular complexity index is 647. The van der Waals surface area contributed by atoms with Crippen molar-refractivity contribution < 1.29 is 18.3 Å². The highest BCUT2D eigenvalue weighted by Crippen LogP contribution is 2.22. The monoisotopic (exact) mass is 321 g/mol. The van der Waals surface area contributed by atoms with Crippen molar-refractivity contribution in [3.63, 3.8) is 0 Å². The molecule has 2 aromatic carbocycles. The third-order valence-corrected chi connectivity index (χ3v) is 3.65. The van der Waals surface area contributed by atoms with Gasteiger partial charge in [0, 0.05) is 12.6 Å². The molecule has 0 heterocycles. The van der Waals surface area contributed by atoms with E-state index in [1.54, 1.807) is 19.2 Å². The Morgan fingerprint density at radius 1 is 1.13 bits per heavy atom. The average molecular weight is 321 g/mol. The van der Waals surface area contributed by atoms with Crippen LogP contribution in [0.4, 0.5) is 8.78 Å². The summed E-state index contributed by atoms with van der Waals surface area (Å²) in [4.78, 5) is 0. The third kappa shape index (κ3) is 4.93. The van der Waals surface area contributed by atoms with E-state index in [-0.39, 0.29) is 11.8 Å². The molecule has 0 saturated carbocycles. The number of aryl methyl sites for hydroxylation is 1. The van der Waals surface area contributed by atoms with Crippen molar-refractivity contribution in [3.8, 4) is 11.5 Å². The van der Waals surface area contributed by atoms with Gasteiger partial charge in [-0.3, -0.25) is 0 Å². The number of alkyl halides is 2. The molecule has 0 radical (unpaired) electrons. The first kappa shape index (κ1) is 17.2. The lowest BCUT2D eigenvalue weighted by Gasteiger charge is -2.16. The number of hydrogen-bond acceptors (Lipinski definition) is 3. The Kier molecular flexibility index (Phi) is 5.93. The lowest BCUT2D eigenvalue weighted by atomic mass is 10.1. The summed E-state index contributed by atoms with van der Waals surface area (Å²) in [5.74, 6) is 1.03. The summed E-state index contributed by atoms with van der Waals surface area (Å²) >= 11 is 0. The molecular formula is C18H21F2NO2. The molecule has 2 rings (SSSR count). The molecule has 0 fully saturated rings. The van der Waals surface area contributed by atoms with Crippen LogP contribution in [0, 0.1) is 6.92 Å². The smallest absolute Gasteiger partial charge is 0.387 e. The molecule has 0 saturated heterocycles. The van der Waals surface area contributed by atoms with Crippen molar-refractivity contribution >= 4 is 0 Å². The van der Waals surface area contributed by atoms with Crippen molar-refractivity contribution in [3.05, 3.63) is 59.2 Å². The maximum atomic E-state index is 12.3. The van der Waals surface area contributed by atoms with E-state index in [2.05, 4.69) is 16.1 Å². The van der Waals surface area contributed by atoms with Gasteiger partial charge in [-0.1, -0.05) is 24.3 Å². The molecule has 5 heteroatoms. The van der Waals surface area contributed by atoms with E-state index < -0.39 is 6.61 Å². The van der Waals surface area contributed by atoms with Gasteiger partial charge in [-0.15, -0.1) is 0 Å². The molecule has 0 amide bonds. The molecule has 0 aliphatic rings. The topological polar surface area (TPSA) is 30.5 Å². The second kappa shape index (κ2) is 7.92. The van der Waals surface area contributed by atoms with Crippen LogP contribution in [0.2, 0.25) is 0 Å². The lowest BCUT2D eigenvalue weighted by Crippen LogP contribution is -2.18. The van der Waals surface area contributed by atoms with Gasteiger partial charge in [0.25, 0.3) is 0 Å². The van der Waals surface area contributed by atoms with E-state index in [0.29, 0.717) is 6.54 Å². The van der Waals surface area contributed by atoms with Gasteiger partial charge in [-0.2, -0.15) is 8.78 Å². The number of rotatable bonds is 7. The van der Waals surface area contributed by atoms with Gasteiger partial charge in [0.2, 0.25) is 0 Å². The number of ether oxygens (including phenoxy) is 2. The average Bonchev–Trinajstić information content (AvgIpc) is 2.52. The standard InChI is InChI=1S/C18H21F2NO2/c1-12-9-14(7-8-17(12)22-3)11-21-13(2)15-5-4-6-16(10-15)23-18(19)20/h4-10,13,18,21H,11H2,1-3H3. The molecule has 124 valence electrons. The van der Waals surface area contributed by atoms with Crippen LogP contribution in [0.5, 0.6) is 11.5 Å². The van der Waals surface area contributed by atoms with E-state index >= 15 is 0 Å². The number of benzene rings is 2. The van der Waals surface area contributed by atoms with E-state index in [4.69, 9.17) is 4.74 Å². The molecule has 23 heavy (non-hydrogen) atoms. The number of hydrogen-bond donors (Lipinski definition) is 1. The van der Waals surface area contributed by atoms with Crippen LogP contribution in [-0.4, -0.2) is 13.7 Å². The van der Waals surface area contributed by atoms with Crippen LogP contribution in [-0.2, 0) is 6.54 Å². The van der Waals surface area contributed by atoms with E-state index in [9.17, 15) is 8.78 Å². The Labute approximate surface area is 135 Å². The Balaban J connectivity index is 1.99. The quantitative estimate of drug-likeness (QED) is 0.817. The maximum Gasteiger partial charge on any atom is 0.387 e. The fourth-order valence-corrected chi connectivity index (χ4v) is 2.40. The van der Waals surface area contributed by atoms with Crippen LogP contribution in [0.25, 0.3) is 0 Å². The highest BCUT2D eigenvalue weighted by atomic mass is 19.3. The summed E-state index contributed by atoms with van der Waals surface area (Å²) in [5.41, 5.74) is 3.11. The first-order valence-electron chi connectivity index (χ1n) is 7.41. The van der Waals surface area contributed by atoms with Crippen molar-refractivity contribution in [1.29, 1.82) is 0 Å². The van der Waals surface area contributed by atoms with Crippen molar-refractivity contribution in [2.24, 2.45) is 0 Å². The second-order valence-electron chi connectivity index (χ2n) is 5.36. The summed E-state index contributed by atoms with van der Waals surface area (Å²) in [6.45, 7) is 1.84. The fourth-order valence-electron chi connectivity index (χ4n) is 2.40. The highest BCUT2D eigenvalue weighted by molar-refractivity contribution is 5.36. The third-order valence-electron chi connectivity index (χ3n) is 3.65. The van der Waals surface area contributed by atoms with Crippen LogP contribution in [0.15, 0.2) is 42.5 Å².